The van der Waals surface area contributed by atoms with E-state index in [9.17, 15) is 8.42 Å². The van der Waals surface area contributed by atoms with Gasteiger partial charge in [0.2, 0.25) is 0 Å². The van der Waals surface area contributed by atoms with E-state index in [4.69, 9.17) is 10.7 Å². The van der Waals surface area contributed by atoms with Crippen LogP contribution in [0.3, 0.4) is 0 Å². The van der Waals surface area contributed by atoms with Crippen molar-refractivity contribution in [2.45, 2.75) is 30.4 Å². The smallest absolute Gasteiger partial charge is 0.206 e. The Morgan fingerprint density at radius 2 is 2.23 bits per heavy atom. The van der Waals surface area contributed by atoms with E-state index in [1.807, 2.05) is 6.07 Å². The topological polar surface area (TPSA) is 34.1 Å². The van der Waals surface area contributed by atoms with Gasteiger partial charge >= 0.3 is 0 Å². The highest BCUT2D eigenvalue weighted by molar-refractivity contribution is 8.15. The van der Waals surface area contributed by atoms with Gasteiger partial charge in [0.25, 0.3) is 9.05 Å². The zero-order valence-electron chi connectivity index (χ0n) is 7.29. The molecule has 2 nitrogen and oxygen atoms in total. The number of hydrogen-bond acceptors (Lipinski definition) is 3. The molecule has 0 fully saturated rings. The van der Waals surface area contributed by atoms with Crippen molar-refractivity contribution in [1.29, 1.82) is 0 Å². The fourth-order valence-corrected chi connectivity index (χ4v) is 3.50. The van der Waals surface area contributed by atoms with Gasteiger partial charge in [-0.1, -0.05) is 13.3 Å². The Bertz CT molecular complexity index is 367. The van der Waals surface area contributed by atoms with Crippen LogP contribution in [0, 0.1) is 0 Å². The van der Waals surface area contributed by atoms with Gasteiger partial charge in [-0.3, -0.25) is 0 Å². The van der Waals surface area contributed by atoms with Gasteiger partial charge in [0, 0.05) is 10.7 Å². The minimum absolute atomic E-state index is 0.308. The van der Waals surface area contributed by atoms with E-state index in [-0.39, 0.29) is 0 Å². The summed E-state index contributed by atoms with van der Waals surface area (Å²) in [4.78, 5) is 0. The molecule has 0 N–H and O–H groups in total. The van der Waals surface area contributed by atoms with Gasteiger partial charge in [-0.05, 0) is 29.9 Å². The van der Waals surface area contributed by atoms with Crippen LogP contribution in [0.15, 0.2) is 15.7 Å². The van der Waals surface area contributed by atoms with Gasteiger partial charge in [0.15, 0.2) is 0 Å². The van der Waals surface area contributed by atoms with Crippen LogP contribution in [0.4, 0.5) is 0 Å². The second kappa shape index (κ2) is 4.44. The maximum Gasteiger partial charge on any atom is 0.271 e. The van der Waals surface area contributed by atoms with Crippen LogP contribution >= 0.6 is 22.0 Å². The Morgan fingerprint density at radius 1 is 1.54 bits per heavy atom. The van der Waals surface area contributed by atoms with E-state index in [2.05, 4.69) is 6.92 Å². The molecule has 0 spiro atoms. The molecule has 0 radical (unpaired) electrons. The first-order valence-corrected chi connectivity index (χ1v) is 7.25. The van der Waals surface area contributed by atoms with Crippen molar-refractivity contribution in [3.63, 3.8) is 0 Å². The van der Waals surface area contributed by atoms with Crippen molar-refractivity contribution in [2.75, 3.05) is 0 Å². The van der Waals surface area contributed by atoms with E-state index < -0.39 is 9.05 Å². The van der Waals surface area contributed by atoms with E-state index in [0.29, 0.717) is 4.21 Å². The van der Waals surface area contributed by atoms with Crippen LogP contribution < -0.4 is 0 Å². The number of thiophene rings is 1. The summed E-state index contributed by atoms with van der Waals surface area (Å²) in [6.45, 7) is 2.07. The Balaban J connectivity index is 2.90. The van der Waals surface area contributed by atoms with Crippen molar-refractivity contribution in [1.82, 2.24) is 0 Å². The van der Waals surface area contributed by atoms with E-state index >= 15 is 0 Å². The van der Waals surface area contributed by atoms with Crippen LogP contribution in [0.1, 0.15) is 25.3 Å². The Labute approximate surface area is 87.0 Å². The fraction of sp³-hybridized carbons (Fsp3) is 0.500. The average molecular weight is 239 g/mol. The molecule has 0 aliphatic heterocycles. The molecular formula is C8H11ClO2S2. The SMILES string of the molecule is CCCCc1ccsc1S(=O)(=O)Cl. The van der Waals surface area contributed by atoms with Crippen LogP contribution in [0.2, 0.25) is 0 Å². The van der Waals surface area contributed by atoms with Crippen LogP contribution in [-0.4, -0.2) is 8.42 Å². The lowest BCUT2D eigenvalue weighted by Gasteiger charge is -1.98. The van der Waals surface area contributed by atoms with Gasteiger partial charge < -0.3 is 0 Å². The molecule has 0 bridgehead atoms. The summed E-state index contributed by atoms with van der Waals surface area (Å²) in [5, 5.41) is 1.76. The molecule has 0 saturated heterocycles. The molecular weight excluding hydrogens is 228 g/mol. The highest BCUT2D eigenvalue weighted by Crippen LogP contribution is 2.27. The summed E-state index contributed by atoms with van der Waals surface area (Å²) in [6, 6.07) is 1.83. The van der Waals surface area contributed by atoms with Crippen molar-refractivity contribution in [2.24, 2.45) is 0 Å². The number of halogens is 1. The van der Waals surface area contributed by atoms with Crippen LogP contribution in [0.25, 0.3) is 0 Å². The molecule has 0 amide bonds. The standard InChI is InChI=1S/C8H11ClO2S2/c1-2-3-4-7-5-6-12-8(7)13(9,10)11/h5-6H,2-4H2,1H3. The van der Waals surface area contributed by atoms with Crippen molar-refractivity contribution < 1.29 is 8.42 Å². The normalized spacial score (nSPS) is 11.8. The van der Waals surface area contributed by atoms with E-state index in [1.54, 1.807) is 5.38 Å². The molecule has 0 atom stereocenters. The third-order valence-corrected chi connectivity index (χ3v) is 4.87. The minimum Gasteiger partial charge on any atom is -0.206 e. The summed E-state index contributed by atoms with van der Waals surface area (Å²) >= 11 is 1.19. The van der Waals surface area contributed by atoms with E-state index in [1.165, 1.54) is 11.3 Å². The van der Waals surface area contributed by atoms with Gasteiger partial charge in [-0.2, -0.15) is 0 Å². The second-order valence-corrected chi connectivity index (χ2v) is 6.45. The monoisotopic (exact) mass is 238 g/mol. The van der Waals surface area contributed by atoms with Gasteiger partial charge in [0.1, 0.15) is 4.21 Å². The molecule has 13 heavy (non-hydrogen) atoms. The summed E-state index contributed by atoms with van der Waals surface area (Å²) in [6.07, 6.45) is 2.84. The molecule has 1 aromatic heterocycles. The molecule has 0 unspecified atom stereocenters. The number of hydrogen-bond donors (Lipinski definition) is 0. The zero-order valence-corrected chi connectivity index (χ0v) is 9.68. The lowest BCUT2D eigenvalue weighted by molar-refractivity contribution is 0.610. The Kier molecular flexibility index (Phi) is 3.76. The number of rotatable bonds is 4. The molecule has 74 valence electrons. The maximum absolute atomic E-state index is 11.1. The lowest BCUT2D eigenvalue weighted by Crippen LogP contribution is -1.92. The second-order valence-electron chi connectivity index (χ2n) is 2.77. The summed E-state index contributed by atoms with van der Waals surface area (Å²) < 4.78 is 22.4. The number of aryl methyl sites for hydroxylation is 1. The molecule has 0 aromatic carbocycles. The molecule has 0 aliphatic carbocycles. The van der Waals surface area contributed by atoms with Gasteiger partial charge in [-0.15, -0.1) is 11.3 Å². The largest absolute Gasteiger partial charge is 0.271 e. The quantitative estimate of drug-likeness (QED) is 0.756. The lowest BCUT2D eigenvalue weighted by atomic mass is 10.2. The number of unbranched alkanes of at least 4 members (excludes halogenated alkanes) is 1. The Hall–Kier alpha value is -0.0600. The van der Waals surface area contributed by atoms with Crippen molar-refractivity contribution in [3.8, 4) is 0 Å². The molecule has 1 rings (SSSR count). The first-order chi connectivity index (χ1) is 6.05. The predicted octanol–water partition coefficient (Wildman–Crippen LogP) is 3.02. The molecule has 1 heterocycles. The summed E-state index contributed by atoms with van der Waals surface area (Å²) in [5.41, 5.74) is 0.849. The molecule has 0 aliphatic rings. The fourth-order valence-electron chi connectivity index (χ4n) is 1.09. The van der Waals surface area contributed by atoms with Crippen LogP contribution in [0.5, 0.6) is 0 Å². The highest BCUT2D eigenvalue weighted by atomic mass is 35.7. The van der Waals surface area contributed by atoms with Crippen molar-refractivity contribution >= 4 is 31.1 Å². The maximum atomic E-state index is 11.1. The van der Waals surface area contributed by atoms with Gasteiger partial charge in [0.05, 0.1) is 0 Å². The molecule has 1 aromatic rings. The first kappa shape index (κ1) is 11.0. The van der Waals surface area contributed by atoms with E-state index in [0.717, 1.165) is 24.8 Å². The first-order valence-electron chi connectivity index (χ1n) is 4.06. The summed E-state index contributed by atoms with van der Waals surface area (Å²) in [5.74, 6) is 0. The predicted molar refractivity (Wildman–Crippen MR) is 56.0 cm³/mol. The minimum atomic E-state index is -3.53. The third kappa shape index (κ3) is 2.97. The third-order valence-electron chi connectivity index (χ3n) is 1.73. The zero-order chi connectivity index (χ0) is 9.90. The Morgan fingerprint density at radius 3 is 2.77 bits per heavy atom. The highest BCUT2D eigenvalue weighted by Gasteiger charge is 2.16. The summed E-state index contributed by atoms with van der Waals surface area (Å²) in [7, 11) is 1.74. The average Bonchev–Trinajstić information content (AvgIpc) is 2.47. The van der Waals surface area contributed by atoms with Gasteiger partial charge in [-0.25, -0.2) is 8.42 Å². The molecule has 5 heteroatoms. The molecule has 0 saturated carbocycles. The van der Waals surface area contributed by atoms with Crippen LogP contribution in [-0.2, 0) is 15.5 Å². The van der Waals surface area contributed by atoms with Crippen molar-refractivity contribution in [3.05, 3.63) is 17.0 Å².